The van der Waals surface area contributed by atoms with Gasteiger partial charge < -0.3 is 4.74 Å². The van der Waals surface area contributed by atoms with Crippen molar-refractivity contribution in [1.29, 1.82) is 0 Å². The van der Waals surface area contributed by atoms with Crippen LogP contribution in [-0.2, 0) is 4.74 Å². The van der Waals surface area contributed by atoms with Crippen LogP contribution in [0.5, 0.6) is 0 Å². The Morgan fingerprint density at radius 1 is 1.64 bits per heavy atom. The number of nitrogens with zero attached hydrogens (tertiary/aromatic N) is 1. The van der Waals surface area contributed by atoms with Gasteiger partial charge in [0.1, 0.15) is 0 Å². The van der Waals surface area contributed by atoms with Gasteiger partial charge in [0.15, 0.2) is 0 Å². The Morgan fingerprint density at radius 2 is 2.36 bits per heavy atom. The fraction of sp³-hybridized carbons (Fsp3) is 0.714. The van der Waals surface area contributed by atoms with Crippen molar-refractivity contribution in [1.82, 2.24) is 4.90 Å². The van der Waals surface area contributed by atoms with Crippen LogP contribution in [0.1, 0.15) is 19.3 Å². The molecule has 3 nitrogen and oxygen atoms in total. The van der Waals surface area contributed by atoms with E-state index in [0.717, 1.165) is 19.3 Å². The van der Waals surface area contributed by atoms with Gasteiger partial charge in [0.25, 0.3) is 0 Å². The number of hydrogen-bond acceptors (Lipinski definition) is 3. The molecule has 0 aromatic rings. The largest absolute Gasteiger partial charge is 0.452 e. The highest BCUT2D eigenvalue weighted by atomic mass is 32.1. The minimum Gasteiger partial charge on any atom is -0.452 e. The first-order chi connectivity index (χ1) is 5.25. The molecule has 0 aliphatic carbocycles. The molecule has 0 bridgehead atoms. The Bertz CT molecular complexity index is 173. The summed E-state index contributed by atoms with van der Waals surface area (Å²) >= 11 is 4.99. The van der Waals surface area contributed by atoms with Crippen molar-refractivity contribution in [3.63, 3.8) is 0 Å². The second kappa shape index (κ2) is 3.67. The number of likely N-dealkylation sites (tertiary alicyclic amines) is 1. The first kappa shape index (κ1) is 8.46. The maximum atomic E-state index is 11.0. The molecule has 4 heteroatoms. The summed E-state index contributed by atoms with van der Waals surface area (Å²) in [6.45, 7) is 0.714. The molecule has 62 valence electrons. The number of ether oxygens (including phenoxy) is 1. The molecule has 1 fully saturated rings. The average Bonchev–Trinajstić information content (AvgIpc) is 2.04. The molecule has 0 unspecified atom stereocenters. The summed E-state index contributed by atoms with van der Waals surface area (Å²) in [6.07, 6.45) is 2.63. The van der Waals surface area contributed by atoms with Crippen molar-refractivity contribution < 1.29 is 9.53 Å². The van der Waals surface area contributed by atoms with E-state index >= 15 is 0 Å². The fourth-order valence-corrected chi connectivity index (χ4v) is 1.42. The third kappa shape index (κ3) is 1.89. The van der Waals surface area contributed by atoms with Crippen molar-refractivity contribution in [3.8, 4) is 0 Å². The van der Waals surface area contributed by atoms with E-state index in [1.807, 2.05) is 0 Å². The number of amides is 1. The maximum Gasteiger partial charge on any atom is 0.414 e. The average molecular weight is 173 g/mol. The number of methoxy groups -OCH3 is 1. The Labute approximate surface area is 71.3 Å². The minimum absolute atomic E-state index is 0.324. The molecule has 0 N–H and O–H groups in total. The molecular weight excluding hydrogens is 162 g/mol. The van der Waals surface area contributed by atoms with E-state index in [2.05, 4.69) is 4.74 Å². The van der Waals surface area contributed by atoms with Gasteiger partial charge in [0.05, 0.1) is 12.1 Å². The highest BCUT2D eigenvalue weighted by molar-refractivity contribution is 7.80. The van der Waals surface area contributed by atoms with Gasteiger partial charge in [0, 0.05) is 6.54 Å². The summed E-state index contributed by atoms with van der Waals surface area (Å²) in [7, 11) is 1.37. The Morgan fingerprint density at radius 3 is 2.91 bits per heavy atom. The van der Waals surface area contributed by atoms with Crippen LogP contribution in [0.3, 0.4) is 0 Å². The number of thiocarbonyl (C=S) groups is 1. The molecule has 1 amide bonds. The first-order valence-electron chi connectivity index (χ1n) is 3.64. The zero-order chi connectivity index (χ0) is 8.27. The number of hydrogen-bond donors (Lipinski definition) is 0. The van der Waals surface area contributed by atoms with Crippen LogP contribution in [0.2, 0.25) is 0 Å². The van der Waals surface area contributed by atoms with Crippen molar-refractivity contribution in [2.45, 2.75) is 19.3 Å². The van der Waals surface area contributed by atoms with Gasteiger partial charge in [-0.25, -0.2) is 4.79 Å². The molecule has 1 aliphatic rings. The lowest BCUT2D eigenvalue weighted by Gasteiger charge is -2.25. The summed E-state index contributed by atoms with van der Waals surface area (Å²) in [5.74, 6) is 0. The van der Waals surface area contributed by atoms with Crippen LogP contribution in [-0.4, -0.2) is 29.6 Å². The van der Waals surface area contributed by atoms with E-state index < -0.39 is 0 Å². The smallest absolute Gasteiger partial charge is 0.414 e. The van der Waals surface area contributed by atoms with Gasteiger partial charge in [-0.1, -0.05) is 12.2 Å². The van der Waals surface area contributed by atoms with Crippen molar-refractivity contribution in [2.75, 3.05) is 13.7 Å². The lowest BCUT2D eigenvalue weighted by atomic mass is 10.1. The lowest BCUT2D eigenvalue weighted by Crippen LogP contribution is -2.39. The Hall–Kier alpha value is -0.640. The van der Waals surface area contributed by atoms with E-state index in [9.17, 15) is 4.79 Å². The van der Waals surface area contributed by atoms with Crippen LogP contribution < -0.4 is 0 Å². The third-order valence-electron chi connectivity index (χ3n) is 1.72. The van der Waals surface area contributed by atoms with Gasteiger partial charge in [-0.05, 0) is 19.3 Å². The minimum atomic E-state index is -0.324. The van der Waals surface area contributed by atoms with Crippen LogP contribution in [0.4, 0.5) is 4.79 Å². The Balaban J connectivity index is 2.54. The quantitative estimate of drug-likeness (QED) is 0.521. The number of carbonyl (C=O) groups excluding carboxylic acids is 1. The fourth-order valence-electron chi connectivity index (χ4n) is 1.11. The third-order valence-corrected chi connectivity index (χ3v) is 2.14. The van der Waals surface area contributed by atoms with Crippen molar-refractivity contribution in [3.05, 3.63) is 0 Å². The van der Waals surface area contributed by atoms with Gasteiger partial charge in [0.2, 0.25) is 0 Å². The second-order valence-corrected chi connectivity index (χ2v) is 2.94. The maximum absolute atomic E-state index is 11.0. The van der Waals surface area contributed by atoms with Crippen molar-refractivity contribution >= 4 is 23.3 Å². The van der Waals surface area contributed by atoms with Crippen LogP contribution in [0.25, 0.3) is 0 Å². The zero-order valence-corrected chi connectivity index (χ0v) is 7.32. The summed E-state index contributed by atoms with van der Waals surface area (Å²) in [6, 6.07) is 0. The SMILES string of the molecule is COC(=O)N1CCCCC1=S. The molecule has 1 heterocycles. The predicted molar refractivity (Wildman–Crippen MR) is 45.6 cm³/mol. The molecule has 0 aromatic carbocycles. The normalized spacial score (nSPS) is 18.3. The molecule has 0 spiro atoms. The lowest BCUT2D eigenvalue weighted by molar-refractivity contribution is 0.143. The van der Waals surface area contributed by atoms with Crippen LogP contribution in [0.15, 0.2) is 0 Å². The van der Waals surface area contributed by atoms with Gasteiger partial charge in [-0.3, -0.25) is 4.90 Å². The van der Waals surface area contributed by atoms with Crippen LogP contribution >= 0.6 is 12.2 Å². The monoisotopic (exact) mass is 173 g/mol. The molecule has 1 saturated heterocycles. The summed E-state index contributed by atoms with van der Waals surface area (Å²) in [5.41, 5.74) is 0. The molecule has 1 aliphatic heterocycles. The van der Waals surface area contributed by atoms with Crippen molar-refractivity contribution in [2.24, 2.45) is 0 Å². The topological polar surface area (TPSA) is 29.5 Å². The first-order valence-corrected chi connectivity index (χ1v) is 4.05. The standard InChI is InChI=1S/C7H11NO2S/c1-10-7(9)8-5-3-2-4-6(8)11/h2-5H2,1H3. The summed E-state index contributed by atoms with van der Waals surface area (Å²) < 4.78 is 4.56. The van der Waals surface area contributed by atoms with E-state index in [1.54, 1.807) is 0 Å². The molecule has 1 rings (SSSR count). The van der Waals surface area contributed by atoms with E-state index in [-0.39, 0.29) is 6.09 Å². The molecule has 0 atom stereocenters. The zero-order valence-electron chi connectivity index (χ0n) is 6.50. The molecule has 0 aromatic heterocycles. The Kier molecular flexibility index (Phi) is 2.82. The molecule has 0 radical (unpaired) electrons. The highest BCUT2D eigenvalue weighted by Gasteiger charge is 2.21. The molecular formula is C7H11NO2S. The van der Waals surface area contributed by atoms with Gasteiger partial charge in [-0.15, -0.1) is 0 Å². The predicted octanol–water partition coefficient (Wildman–Crippen LogP) is 1.57. The van der Waals surface area contributed by atoms with E-state index in [0.29, 0.717) is 11.5 Å². The highest BCUT2D eigenvalue weighted by Crippen LogP contribution is 2.12. The summed E-state index contributed by atoms with van der Waals surface area (Å²) in [5, 5.41) is 0. The van der Waals surface area contributed by atoms with E-state index in [4.69, 9.17) is 12.2 Å². The number of rotatable bonds is 0. The second-order valence-electron chi connectivity index (χ2n) is 2.47. The van der Waals surface area contributed by atoms with E-state index in [1.165, 1.54) is 12.0 Å². The van der Waals surface area contributed by atoms with Crippen LogP contribution in [0, 0.1) is 0 Å². The molecule has 0 saturated carbocycles. The van der Waals surface area contributed by atoms with Gasteiger partial charge >= 0.3 is 6.09 Å². The van der Waals surface area contributed by atoms with Gasteiger partial charge in [-0.2, -0.15) is 0 Å². The number of carbonyl (C=O) groups is 1. The molecule has 11 heavy (non-hydrogen) atoms. The summed E-state index contributed by atoms with van der Waals surface area (Å²) in [4.78, 5) is 13.2. The number of piperidine rings is 1.